The number of aliphatic hydroxyl groups excluding tert-OH is 1. The van der Waals surface area contributed by atoms with E-state index in [2.05, 4.69) is 4.98 Å². The van der Waals surface area contributed by atoms with Crippen molar-refractivity contribution in [2.75, 3.05) is 0 Å². The lowest BCUT2D eigenvalue weighted by Crippen LogP contribution is -2.40. The predicted molar refractivity (Wildman–Crippen MR) is 77.6 cm³/mol. The van der Waals surface area contributed by atoms with Crippen LogP contribution in [0.4, 0.5) is 0 Å². The average Bonchev–Trinajstić information content (AvgIpc) is 2.72. The van der Waals surface area contributed by atoms with Gasteiger partial charge in [-0.15, -0.1) is 0 Å². The Morgan fingerprint density at radius 1 is 1.38 bits per heavy atom. The van der Waals surface area contributed by atoms with Crippen LogP contribution in [0.2, 0.25) is 0 Å². The van der Waals surface area contributed by atoms with E-state index in [0.717, 1.165) is 37.7 Å². The van der Waals surface area contributed by atoms with Crippen LogP contribution in [0.25, 0.3) is 5.65 Å². The second-order valence-electron chi connectivity index (χ2n) is 6.20. The first-order chi connectivity index (χ1) is 10.1. The number of rotatable bonds is 0. The zero-order valence-electron chi connectivity index (χ0n) is 12.0. The summed E-state index contributed by atoms with van der Waals surface area (Å²) < 4.78 is 7.49. The minimum absolute atomic E-state index is 0.218. The summed E-state index contributed by atoms with van der Waals surface area (Å²) in [6, 6.07) is 3.71. The Morgan fingerprint density at radius 2 is 2.14 bits per heavy atom. The number of pyridine rings is 1. The van der Waals surface area contributed by atoms with Crippen molar-refractivity contribution < 1.29 is 9.84 Å². The molecule has 1 aliphatic carbocycles. The van der Waals surface area contributed by atoms with E-state index in [-0.39, 0.29) is 5.56 Å². The molecule has 3 heterocycles. The molecule has 1 aliphatic heterocycles. The summed E-state index contributed by atoms with van der Waals surface area (Å²) >= 11 is 0. The molecule has 0 bridgehead atoms. The molecule has 21 heavy (non-hydrogen) atoms. The SMILES string of the molecule is Cc1ccn2c(=O)c3c(nc2c1)OC1(CCCCC1)[C@@H]3O. The second kappa shape index (κ2) is 4.31. The fraction of sp³-hybridized carbons (Fsp3) is 0.500. The molecule has 2 aromatic heterocycles. The fourth-order valence-corrected chi connectivity index (χ4v) is 3.58. The fourth-order valence-electron chi connectivity index (χ4n) is 3.58. The summed E-state index contributed by atoms with van der Waals surface area (Å²) in [4.78, 5) is 17.1. The number of aromatic nitrogens is 2. The number of nitrogens with zero attached hydrogens (tertiary/aromatic N) is 2. The van der Waals surface area contributed by atoms with Crippen molar-refractivity contribution in [2.45, 2.75) is 50.7 Å². The maximum Gasteiger partial charge on any atom is 0.267 e. The molecule has 5 nitrogen and oxygen atoms in total. The number of hydrogen-bond acceptors (Lipinski definition) is 4. The van der Waals surface area contributed by atoms with E-state index in [9.17, 15) is 9.90 Å². The Morgan fingerprint density at radius 3 is 2.90 bits per heavy atom. The monoisotopic (exact) mass is 286 g/mol. The van der Waals surface area contributed by atoms with Gasteiger partial charge >= 0.3 is 0 Å². The van der Waals surface area contributed by atoms with Crippen molar-refractivity contribution in [3.8, 4) is 5.88 Å². The third-order valence-electron chi connectivity index (χ3n) is 4.76. The largest absolute Gasteiger partial charge is 0.467 e. The highest BCUT2D eigenvalue weighted by Gasteiger charge is 2.50. The quantitative estimate of drug-likeness (QED) is 0.806. The molecular weight excluding hydrogens is 268 g/mol. The topological polar surface area (TPSA) is 63.8 Å². The molecule has 0 unspecified atom stereocenters. The van der Waals surface area contributed by atoms with E-state index >= 15 is 0 Å². The molecule has 1 fully saturated rings. The van der Waals surface area contributed by atoms with Gasteiger partial charge in [0.05, 0.1) is 0 Å². The molecule has 1 spiro atoms. The van der Waals surface area contributed by atoms with Crippen LogP contribution in [-0.2, 0) is 0 Å². The summed E-state index contributed by atoms with van der Waals surface area (Å²) in [5.41, 5.74) is 1.06. The van der Waals surface area contributed by atoms with Gasteiger partial charge in [0.15, 0.2) is 0 Å². The summed E-state index contributed by atoms with van der Waals surface area (Å²) in [7, 11) is 0. The third kappa shape index (κ3) is 1.73. The van der Waals surface area contributed by atoms with Gasteiger partial charge in [-0.3, -0.25) is 9.20 Å². The summed E-state index contributed by atoms with van der Waals surface area (Å²) in [6.45, 7) is 1.96. The van der Waals surface area contributed by atoms with Crippen LogP contribution in [0.1, 0.15) is 49.3 Å². The molecule has 4 rings (SSSR count). The molecule has 0 aromatic carbocycles. The molecular formula is C16H18N2O3. The summed E-state index contributed by atoms with van der Waals surface area (Å²) in [5.74, 6) is 0.319. The lowest BCUT2D eigenvalue weighted by Gasteiger charge is -2.34. The van der Waals surface area contributed by atoms with E-state index in [1.807, 2.05) is 19.1 Å². The van der Waals surface area contributed by atoms with Crippen molar-refractivity contribution in [1.29, 1.82) is 0 Å². The second-order valence-corrected chi connectivity index (χ2v) is 6.20. The summed E-state index contributed by atoms with van der Waals surface area (Å²) in [5, 5.41) is 10.7. The first-order valence-corrected chi connectivity index (χ1v) is 7.51. The first kappa shape index (κ1) is 12.8. The van der Waals surface area contributed by atoms with E-state index in [1.165, 1.54) is 4.40 Å². The zero-order chi connectivity index (χ0) is 14.6. The van der Waals surface area contributed by atoms with E-state index in [4.69, 9.17) is 4.74 Å². The smallest absolute Gasteiger partial charge is 0.267 e. The molecule has 0 radical (unpaired) electrons. The van der Waals surface area contributed by atoms with Crippen LogP contribution >= 0.6 is 0 Å². The standard InChI is InChI=1S/C16H18N2O3/c1-10-5-8-18-11(9-10)17-14-12(15(18)20)13(19)16(21-14)6-3-2-4-7-16/h5,8-9,13,19H,2-4,6-7H2,1H3/t13-/m1/s1. The molecule has 2 aliphatic rings. The number of fused-ring (bicyclic) bond motifs is 2. The lowest BCUT2D eigenvalue weighted by molar-refractivity contribution is -0.0547. The third-order valence-corrected chi connectivity index (χ3v) is 4.76. The van der Waals surface area contributed by atoms with E-state index < -0.39 is 11.7 Å². The molecule has 0 saturated heterocycles. The van der Waals surface area contributed by atoms with Crippen LogP contribution < -0.4 is 10.3 Å². The molecule has 1 saturated carbocycles. The first-order valence-electron chi connectivity index (χ1n) is 7.51. The zero-order valence-corrected chi connectivity index (χ0v) is 12.0. The normalized spacial score (nSPS) is 23.2. The van der Waals surface area contributed by atoms with Crippen molar-refractivity contribution in [1.82, 2.24) is 9.38 Å². The number of aryl methyl sites for hydroxylation is 1. The molecule has 1 atom stereocenters. The van der Waals surface area contributed by atoms with E-state index in [0.29, 0.717) is 17.1 Å². The van der Waals surface area contributed by atoms with Gasteiger partial charge in [-0.2, -0.15) is 4.98 Å². The molecule has 1 N–H and O–H groups in total. The minimum Gasteiger partial charge on any atom is -0.467 e. The Hall–Kier alpha value is -1.88. The van der Waals surface area contributed by atoms with Crippen LogP contribution in [0.3, 0.4) is 0 Å². The van der Waals surface area contributed by atoms with Crippen LogP contribution in [0.15, 0.2) is 23.1 Å². The Labute approximate surface area is 122 Å². The van der Waals surface area contributed by atoms with Crippen LogP contribution in [0, 0.1) is 6.92 Å². The highest BCUT2D eigenvalue weighted by atomic mass is 16.5. The average molecular weight is 286 g/mol. The van der Waals surface area contributed by atoms with Crippen molar-refractivity contribution in [2.24, 2.45) is 0 Å². The lowest BCUT2D eigenvalue weighted by atomic mass is 9.80. The van der Waals surface area contributed by atoms with Gasteiger partial charge in [0.1, 0.15) is 22.9 Å². The Balaban J connectivity index is 1.92. The van der Waals surface area contributed by atoms with Crippen molar-refractivity contribution in [3.05, 3.63) is 39.8 Å². The maximum absolute atomic E-state index is 12.7. The van der Waals surface area contributed by atoms with Crippen LogP contribution in [0.5, 0.6) is 5.88 Å². The van der Waals surface area contributed by atoms with Gasteiger partial charge in [0.25, 0.3) is 5.56 Å². The van der Waals surface area contributed by atoms with Gasteiger partial charge in [-0.05, 0) is 50.3 Å². The molecule has 5 heteroatoms. The molecule has 0 amide bonds. The van der Waals surface area contributed by atoms with Gasteiger partial charge in [-0.25, -0.2) is 0 Å². The maximum atomic E-state index is 12.7. The molecule has 2 aromatic rings. The number of ether oxygens (including phenoxy) is 1. The Bertz CT molecular complexity index is 775. The Kier molecular flexibility index (Phi) is 2.63. The van der Waals surface area contributed by atoms with Gasteiger partial charge in [0.2, 0.25) is 5.88 Å². The minimum atomic E-state index is -0.869. The van der Waals surface area contributed by atoms with E-state index in [1.54, 1.807) is 6.20 Å². The van der Waals surface area contributed by atoms with Crippen molar-refractivity contribution in [3.63, 3.8) is 0 Å². The highest BCUT2D eigenvalue weighted by molar-refractivity contribution is 5.47. The van der Waals surface area contributed by atoms with Gasteiger partial charge < -0.3 is 9.84 Å². The van der Waals surface area contributed by atoms with Crippen molar-refractivity contribution >= 4 is 5.65 Å². The summed E-state index contributed by atoms with van der Waals surface area (Å²) in [6.07, 6.45) is 5.59. The van der Waals surface area contributed by atoms with Gasteiger partial charge in [0, 0.05) is 6.20 Å². The number of hydrogen-bond donors (Lipinski definition) is 1. The number of aliphatic hydroxyl groups is 1. The highest BCUT2D eigenvalue weighted by Crippen LogP contribution is 2.48. The predicted octanol–water partition coefficient (Wildman–Crippen LogP) is 2.13. The van der Waals surface area contributed by atoms with Crippen LogP contribution in [-0.4, -0.2) is 20.1 Å². The molecule has 110 valence electrons. The van der Waals surface area contributed by atoms with Gasteiger partial charge in [-0.1, -0.05) is 6.42 Å².